The predicted molar refractivity (Wildman–Crippen MR) is 139 cm³/mol. The number of ether oxygens (including phenoxy) is 2. The van der Waals surface area contributed by atoms with Gasteiger partial charge in [-0.25, -0.2) is 9.79 Å². The Morgan fingerprint density at radius 1 is 1.14 bits per heavy atom. The minimum Gasteiger partial charge on any atom is -0.460 e. The Morgan fingerprint density at radius 3 is 2.46 bits per heavy atom. The number of carbonyl (C=O) groups is 1. The number of allylic oxidation sites excluding steroid dienone is 1. The molecule has 0 bridgehead atoms. The molecule has 7 nitrogen and oxygen atoms in total. The molecule has 0 saturated carbocycles. The van der Waals surface area contributed by atoms with E-state index in [-0.39, 0.29) is 18.8 Å². The van der Waals surface area contributed by atoms with Gasteiger partial charge in [-0.05, 0) is 48.4 Å². The summed E-state index contributed by atoms with van der Waals surface area (Å²) < 4.78 is 12.5. The molecule has 0 amide bonds. The first-order valence-electron chi connectivity index (χ1n) is 11.0. The summed E-state index contributed by atoms with van der Waals surface area (Å²) >= 11 is 7.40. The van der Waals surface area contributed by atoms with Crippen LogP contribution in [0, 0.1) is 0 Å². The molecule has 9 heteroatoms. The average Bonchev–Trinajstić information content (AvgIpc) is 3.13. The molecule has 182 valence electrons. The number of hydrogen-bond donors (Lipinski definition) is 0. The summed E-state index contributed by atoms with van der Waals surface area (Å²) in [5.41, 5.74) is 3.32. The topological polar surface area (TPSA) is 73.1 Å². The number of halogens is 1. The Morgan fingerprint density at radius 2 is 1.83 bits per heavy atom. The molecule has 1 unspecified atom stereocenters. The number of rotatable bonds is 7. The number of aromatic nitrogens is 1. The van der Waals surface area contributed by atoms with E-state index in [0.717, 1.165) is 16.8 Å². The van der Waals surface area contributed by atoms with Crippen LogP contribution in [0.3, 0.4) is 0 Å². The zero-order chi connectivity index (χ0) is 25.1. The van der Waals surface area contributed by atoms with Crippen LogP contribution in [0.25, 0.3) is 6.08 Å². The number of fused-ring (bicyclic) bond motifs is 1. The fourth-order valence-corrected chi connectivity index (χ4v) is 5.03. The molecule has 1 aromatic heterocycles. The Hall–Kier alpha value is -3.20. The van der Waals surface area contributed by atoms with Crippen molar-refractivity contribution in [3.05, 3.63) is 95.6 Å². The zero-order valence-electron chi connectivity index (χ0n) is 19.9. The van der Waals surface area contributed by atoms with Crippen molar-refractivity contribution in [3.8, 4) is 0 Å². The first-order chi connectivity index (χ1) is 16.8. The van der Waals surface area contributed by atoms with Gasteiger partial charge in [-0.2, -0.15) is 0 Å². The summed E-state index contributed by atoms with van der Waals surface area (Å²) in [6.45, 7) is 2.13. The molecular weight excluding hydrogens is 486 g/mol. The third-order valence-corrected chi connectivity index (χ3v) is 6.89. The number of methoxy groups -OCH3 is 1. The van der Waals surface area contributed by atoms with Crippen molar-refractivity contribution in [2.45, 2.75) is 13.0 Å². The van der Waals surface area contributed by atoms with E-state index in [2.05, 4.69) is 4.99 Å². The molecule has 0 aliphatic carbocycles. The molecule has 0 fully saturated rings. The Balaban J connectivity index is 1.84. The van der Waals surface area contributed by atoms with Gasteiger partial charge in [0.05, 0.1) is 28.5 Å². The minimum atomic E-state index is -0.683. The fourth-order valence-electron chi connectivity index (χ4n) is 3.86. The highest BCUT2D eigenvalue weighted by molar-refractivity contribution is 7.07. The van der Waals surface area contributed by atoms with E-state index in [1.165, 1.54) is 18.4 Å². The standard InChI is InChI=1S/C26H26ClN3O4S/c1-16-22(25(32)34-14-13-33-4)23(18-7-9-19(27)10-8-18)30-24(31)21(35-26(30)28-16)15-17-5-11-20(12-6-17)29(2)3/h5-12,15,23H,13-14H2,1-4H3. The van der Waals surface area contributed by atoms with Crippen LogP contribution < -0.4 is 19.8 Å². The van der Waals surface area contributed by atoms with Gasteiger partial charge < -0.3 is 14.4 Å². The second kappa shape index (κ2) is 10.6. The van der Waals surface area contributed by atoms with Gasteiger partial charge in [-0.15, -0.1) is 0 Å². The molecule has 0 saturated heterocycles. The number of benzene rings is 2. The highest BCUT2D eigenvalue weighted by atomic mass is 35.5. The molecule has 1 aliphatic rings. The van der Waals surface area contributed by atoms with Crippen LogP contribution in [0.5, 0.6) is 0 Å². The molecule has 1 aliphatic heterocycles. The van der Waals surface area contributed by atoms with Gasteiger partial charge in [0.25, 0.3) is 5.56 Å². The molecule has 0 radical (unpaired) electrons. The number of thiazole rings is 1. The van der Waals surface area contributed by atoms with Crippen LogP contribution in [-0.2, 0) is 14.3 Å². The summed E-state index contributed by atoms with van der Waals surface area (Å²) in [6.07, 6.45) is 1.85. The van der Waals surface area contributed by atoms with Gasteiger partial charge in [0.2, 0.25) is 0 Å². The second-order valence-corrected chi connectivity index (χ2v) is 9.69. The Bertz CT molecular complexity index is 1440. The van der Waals surface area contributed by atoms with E-state index < -0.39 is 12.0 Å². The maximum atomic E-state index is 13.6. The maximum Gasteiger partial charge on any atom is 0.338 e. The van der Waals surface area contributed by atoms with Crippen LogP contribution in [0.1, 0.15) is 24.1 Å². The highest BCUT2D eigenvalue weighted by Gasteiger charge is 2.33. The maximum absolute atomic E-state index is 13.6. The molecule has 4 rings (SSSR count). The summed E-state index contributed by atoms with van der Waals surface area (Å²) in [4.78, 5) is 33.9. The molecule has 3 aromatic rings. The fraction of sp³-hybridized carbons (Fsp3) is 0.269. The largest absolute Gasteiger partial charge is 0.460 e. The van der Waals surface area contributed by atoms with Gasteiger partial charge in [-0.1, -0.05) is 47.2 Å². The molecular formula is C26H26ClN3O4S. The second-order valence-electron chi connectivity index (χ2n) is 8.25. The van der Waals surface area contributed by atoms with Crippen molar-refractivity contribution in [2.75, 3.05) is 39.3 Å². The van der Waals surface area contributed by atoms with Crippen molar-refractivity contribution in [1.82, 2.24) is 4.57 Å². The lowest BCUT2D eigenvalue weighted by Gasteiger charge is -2.24. The predicted octanol–water partition coefficient (Wildman–Crippen LogP) is 3.14. The van der Waals surface area contributed by atoms with E-state index in [9.17, 15) is 9.59 Å². The number of carbonyl (C=O) groups excluding carboxylic acids is 1. The highest BCUT2D eigenvalue weighted by Crippen LogP contribution is 2.31. The van der Waals surface area contributed by atoms with Gasteiger partial charge in [-0.3, -0.25) is 9.36 Å². The van der Waals surface area contributed by atoms with Crippen LogP contribution in [-0.4, -0.2) is 45.0 Å². The Kier molecular flexibility index (Phi) is 7.54. The van der Waals surface area contributed by atoms with Crippen molar-refractivity contribution in [1.29, 1.82) is 0 Å². The Labute approximate surface area is 212 Å². The van der Waals surface area contributed by atoms with Crippen molar-refractivity contribution < 1.29 is 14.3 Å². The monoisotopic (exact) mass is 511 g/mol. The zero-order valence-corrected chi connectivity index (χ0v) is 21.5. The normalized spacial score (nSPS) is 15.6. The summed E-state index contributed by atoms with van der Waals surface area (Å²) in [5, 5.41) is 0.562. The van der Waals surface area contributed by atoms with E-state index in [1.54, 1.807) is 23.6 Å². The van der Waals surface area contributed by atoms with E-state index in [0.29, 0.717) is 25.6 Å². The van der Waals surface area contributed by atoms with Gasteiger partial charge in [0.1, 0.15) is 6.61 Å². The lowest BCUT2D eigenvalue weighted by molar-refractivity contribution is -0.140. The molecule has 0 N–H and O–H groups in total. The minimum absolute atomic E-state index is 0.104. The third kappa shape index (κ3) is 5.24. The van der Waals surface area contributed by atoms with E-state index in [1.807, 2.05) is 61.5 Å². The number of hydrogen-bond acceptors (Lipinski definition) is 7. The molecule has 35 heavy (non-hydrogen) atoms. The van der Waals surface area contributed by atoms with Gasteiger partial charge in [0, 0.05) is 31.9 Å². The summed E-state index contributed by atoms with van der Waals surface area (Å²) in [6, 6.07) is 14.3. The van der Waals surface area contributed by atoms with Crippen molar-refractivity contribution in [2.24, 2.45) is 4.99 Å². The van der Waals surface area contributed by atoms with Gasteiger partial charge in [0.15, 0.2) is 4.80 Å². The van der Waals surface area contributed by atoms with Crippen molar-refractivity contribution in [3.63, 3.8) is 0 Å². The smallest absolute Gasteiger partial charge is 0.338 e. The van der Waals surface area contributed by atoms with E-state index in [4.69, 9.17) is 21.1 Å². The van der Waals surface area contributed by atoms with Crippen LogP contribution in [0.4, 0.5) is 5.69 Å². The lowest BCUT2D eigenvalue weighted by Crippen LogP contribution is -2.40. The summed E-state index contributed by atoms with van der Waals surface area (Å²) in [7, 11) is 5.49. The van der Waals surface area contributed by atoms with Crippen molar-refractivity contribution >= 4 is 40.7 Å². The molecule has 0 spiro atoms. The average molecular weight is 512 g/mol. The lowest BCUT2D eigenvalue weighted by atomic mass is 9.96. The number of anilines is 1. The molecule has 1 atom stereocenters. The number of nitrogens with zero attached hydrogens (tertiary/aromatic N) is 3. The summed E-state index contributed by atoms with van der Waals surface area (Å²) in [5.74, 6) is -0.531. The first-order valence-corrected chi connectivity index (χ1v) is 12.2. The van der Waals surface area contributed by atoms with Crippen LogP contribution >= 0.6 is 22.9 Å². The molecule has 2 heterocycles. The van der Waals surface area contributed by atoms with E-state index >= 15 is 0 Å². The van der Waals surface area contributed by atoms with Gasteiger partial charge >= 0.3 is 5.97 Å². The third-order valence-electron chi connectivity index (χ3n) is 5.66. The molecule has 2 aromatic carbocycles. The SMILES string of the molecule is COCCOC(=O)C1=C(C)N=c2sc(=Cc3ccc(N(C)C)cc3)c(=O)n2C1c1ccc(Cl)cc1. The number of esters is 1. The van der Waals surface area contributed by atoms with Crippen LogP contribution in [0.2, 0.25) is 5.02 Å². The van der Waals surface area contributed by atoms with Crippen LogP contribution in [0.15, 0.2) is 69.6 Å². The quantitative estimate of drug-likeness (QED) is 0.360. The first kappa shape index (κ1) is 24.9.